The van der Waals surface area contributed by atoms with E-state index in [0.717, 1.165) is 13.0 Å². The number of aromatic amines is 1. The van der Waals surface area contributed by atoms with Gasteiger partial charge in [-0.3, -0.25) is 0 Å². The van der Waals surface area contributed by atoms with Crippen molar-refractivity contribution in [1.29, 1.82) is 0 Å². The summed E-state index contributed by atoms with van der Waals surface area (Å²) in [5.41, 5.74) is 5.40. The second-order valence-corrected chi connectivity index (χ2v) is 3.68. The Kier molecular flexibility index (Phi) is 3.70. The summed E-state index contributed by atoms with van der Waals surface area (Å²) in [4.78, 5) is 6.11. The van der Waals surface area contributed by atoms with Gasteiger partial charge in [0.2, 0.25) is 11.9 Å². The van der Waals surface area contributed by atoms with Gasteiger partial charge in [0.1, 0.15) is 0 Å². The van der Waals surface area contributed by atoms with E-state index in [9.17, 15) is 0 Å². The summed E-state index contributed by atoms with van der Waals surface area (Å²) >= 11 is 0. The second kappa shape index (κ2) is 4.80. The van der Waals surface area contributed by atoms with E-state index in [2.05, 4.69) is 46.4 Å². The van der Waals surface area contributed by atoms with Gasteiger partial charge >= 0.3 is 0 Å². The molecule has 1 rings (SSSR count). The first kappa shape index (κ1) is 10.8. The number of nitrogens with one attached hydrogen (secondary N) is 2. The third kappa shape index (κ3) is 3.61. The molecule has 6 heteroatoms. The lowest BCUT2D eigenvalue weighted by Crippen LogP contribution is -2.23. The molecule has 0 aromatic carbocycles. The molecule has 14 heavy (non-hydrogen) atoms. The lowest BCUT2D eigenvalue weighted by atomic mass is 10.2. The van der Waals surface area contributed by atoms with Crippen molar-refractivity contribution in [3.63, 3.8) is 0 Å². The Morgan fingerprint density at radius 1 is 1.57 bits per heavy atom. The number of H-pyrrole nitrogens is 1. The number of hydrogen-bond acceptors (Lipinski definition) is 5. The van der Waals surface area contributed by atoms with Crippen LogP contribution in [0.25, 0.3) is 0 Å². The minimum Gasteiger partial charge on any atom is -0.368 e. The monoisotopic (exact) mass is 198 g/mol. The van der Waals surface area contributed by atoms with Crippen molar-refractivity contribution in [2.24, 2.45) is 0 Å². The van der Waals surface area contributed by atoms with Crippen molar-refractivity contribution in [2.45, 2.75) is 19.4 Å². The van der Waals surface area contributed by atoms with E-state index in [1.807, 2.05) is 0 Å². The third-order valence-electron chi connectivity index (χ3n) is 1.89. The van der Waals surface area contributed by atoms with Crippen LogP contribution in [0.5, 0.6) is 0 Å². The summed E-state index contributed by atoms with van der Waals surface area (Å²) in [5.74, 6) is 0.904. The van der Waals surface area contributed by atoms with Crippen molar-refractivity contribution in [3.8, 4) is 0 Å². The van der Waals surface area contributed by atoms with Gasteiger partial charge in [-0.1, -0.05) is 0 Å². The molecule has 1 heterocycles. The number of hydrogen-bond donors (Lipinski definition) is 3. The maximum absolute atomic E-state index is 5.40. The Hall–Kier alpha value is -1.30. The zero-order valence-electron chi connectivity index (χ0n) is 8.91. The van der Waals surface area contributed by atoms with Crippen molar-refractivity contribution in [1.82, 2.24) is 20.1 Å². The minimum atomic E-state index is 0.340. The van der Waals surface area contributed by atoms with E-state index < -0.39 is 0 Å². The van der Waals surface area contributed by atoms with E-state index in [0.29, 0.717) is 17.9 Å². The Morgan fingerprint density at radius 2 is 2.29 bits per heavy atom. The van der Waals surface area contributed by atoms with Gasteiger partial charge in [0.25, 0.3) is 0 Å². The van der Waals surface area contributed by atoms with Crippen LogP contribution in [-0.2, 0) is 0 Å². The summed E-state index contributed by atoms with van der Waals surface area (Å²) in [5, 5.41) is 9.64. The largest absolute Gasteiger partial charge is 0.368 e. The van der Waals surface area contributed by atoms with Crippen molar-refractivity contribution >= 4 is 11.9 Å². The normalized spacial score (nSPS) is 13.1. The van der Waals surface area contributed by atoms with Gasteiger partial charge in [0.05, 0.1) is 0 Å². The standard InChI is InChI=1S/C8H18N6/c1-6(4-5-14(2)3)10-8-11-7(9)12-13-8/h6H,4-5H2,1-3H3,(H4,9,10,11,12,13). The molecule has 0 aliphatic heterocycles. The van der Waals surface area contributed by atoms with Crippen LogP contribution in [0.4, 0.5) is 11.9 Å². The maximum atomic E-state index is 5.40. The number of aromatic nitrogens is 3. The van der Waals surface area contributed by atoms with Gasteiger partial charge < -0.3 is 16.0 Å². The van der Waals surface area contributed by atoms with Crippen LogP contribution in [0.2, 0.25) is 0 Å². The fourth-order valence-corrected chi connectivity index (χ4v) is 1.08. The molecule has 0 saturated carbocycles. The molecule has 0 bridgehead atoms. The van der Waals surface area contributed by atoms with Crippen LogP contribution < -0.4 is 11.1 Å². The highest BCUT2D eigenvalue weighted by Gasteiger charge is 2.05. The average molecular weight is 198 g/mol. The van der Waals surface area contributed by atoms with E-state index in [1.165, 1.54) is 0 Å². The smallest absolute Gasteiger partial charge is 0.243 e. The summed E-state index contributed by atoms with van der Waals surface area (Å²) in [6, 6.07) is 0.340. The molecule has 0 fully saturated rings. The van der Waals surface area contributed by atoms with Crippen LogP contribution >= 0.6 is 0 Å². The fraction of sp³-hybridized carbons (Fsp3) is 0.750. The molecule has 0 saturated heterocycles. The summed E-state index contributed by atoms with van der Waals surface area (Å²) in [6.07, 6.45) is 1.04. The molecule has 1 aromatic heterocycles. The molecule has 1 aromatic rings. The molecule has 0 spiro atoms. The number of nitrogens with zero attached hydrogens (tertiary/aromatic N) is 3. The molecular formula is C8H18N6. The van der Waals surface area contributed by atoms with Crippen molar-refractivity contribution in [2.75, 3.05) is 31.7 Å². The van der Waals surface area contributed by atoms with E-state index >= 15 is 0 Å². The summed E-state index contributed by atoms with van der Waals surface area (Å²) in [7, 11) is 4.11. The molecule has 1 unspecified atom stereocenters. The average Bonchev–Trinajstić information content (AvgIpc) is 2.48. The quantitative estimate of drug-likeness (QED) is 0.627. The lowest BCUT2D eigenvalue weighted by Gasteiger charge is -2.15. The third-order valence-corrected chi connectivity index (χ3v) is 1.89. The van der Waals surface area contributed by atoms with Gasteiger partial charge in [-0.15, -0.1) is 5.10 Å². The van der Waals surface area contributed by atoms with E-state index in [1.54, 1.807) is 0 Å². The minimum absolute atomic E-state index is 0.340. The number of nitrogen functional groups attached to an aromatic ring is 1. The topological polar surface area (TPSA) is 82.9 Å². The summed E-state index contributed by atoms with van der Waals surface area (Å²) < 4.78 is 0. The first-order chi connectivity index (χ1) is 6.58. The predicted molar refractivity (Wildman–Crippen MR) is 57.1 cm³/mol. The summed E-state index contributed by atoms with van der Waals surface area (Å²) in [6.45, 7) is 3.13. The van der Waals surface area contributed by atoms with Gasteiger partial charge in [-0.2, -0.15) is 4.98 Å². The second-order valence-electron chi connectivity index (χ2n) is 3.68. The molecule has 1 atom stereocenters. The van der Waals surface area contributed by atoms with Crippen LogP contribution in [-0.4, -0.2) is 46.8 Å². The Bertz CT molecular complexity index is 269. The molecule has 6 nitrogen and oxygen atoms in total. The highest BCUT2D eigenvalue weighted by molar-refractivity contribution is 5.30. The SMILES string of the molecule is CC(CCN(C)C)Nc1n[nH]c(N)n1. The Morgan fingerprint density at radius 3 is 2.79 bits per heavy atom. The fourth-order valence-electron chi connectivity index (χ4n) is 1.08. The van der Waals surface area contributed by atoms with Crippen molar-refractivity contribution < 1.29 is 0 Å². The molecular weight excluding hydrogens is 180 g/mol. The van der Waals surface area contributed by atoms with E-state index in [4.69, 9.17) is 5.73 Å². The van der Waals surface area contributed by atoms with Crippen LogP contribution in [0, 0.1) is 0 Å². The Labute approximate surface area is 83.9 Å². The number of nitrogens with two attached hydrogens (primary N) is 1. The molecule has 80 valence electrons. The zero-order chi connectivity index (χ0) is 10.6. The lowest BCUT2D eigenvalue weighted by molar-refractivity contribution is 0.390. The molecule has 4 N–H and O–H groups in total. The molecule has 0 radical (unpaired) electrons. The predicted octanol–water partition coefficient (Wildman–Crippen LogP) is 0.139. The highest BCUT2D eigenvalue weighted by atomic mass is 15.3. The first-order valence-electron chi connectivity index (χ1n) is 4.67. The number of anilines is 2. The van der Waals surface area contributed by atoms with Crippen LogP contribution in [0.3, 0.4) is 0 Å². The zero-order valence-corrected chi connectivity index (χ0v) is 8.91. The maximum Gasteiger partial charge on any atom is 0.243 e. The molecule has 0 aliphatic carbocycles. The first-order valence-corrected chi connectivity index (χ1v) is 4.67. The number of rotatable bonds is 5. The van der Waals surface area contributed by atoms with Gasteiger partial charge in [0, 0.05) is 6.04 Å². The van der Waals surface area contributed by atoms with Crippen LogP contribution in [0.15, 0.2) is 0 Å². The van der Waals surface area contributed by atoms with Gasteiger partial charge in [0.15, 0.2) is 0 Å². The van der Waals surface area contributed by atoms with Gasteiger partial charge in [-0.05, 0) is 34.0 Å². The highest BCUT2D eigenvalue weighted by Crippen LogP contribution is 2.03. The van der Waals surface area contributed by atoms with Gasteiger partial charge in [-0.25, -0.2) is 5.10 Å². The van der Waals surface area contributed by atoms with E-state index in [-0.39, 0.29) is 0 Å². The molecule has 0 aliphatic rings. The van der Waals surface area contributed by atoms with Crippen molar-refractivity contribution in [3.05, 3.63) is 0 Å². The molecule has 0 amide bonds. The van der Waals surface area contributed by atoms with Crippen LogP contribution in [0.1, 0.15) is 13.3 Å². The Balaban J connectivity index is 2.30.